The molecule has 1 unspecified atom stereocenters. The number of fused-ring (bicyclic) bond motifs is 1. The van der Waals surface area contributed by atoms with Gasteiger partial charge in [-0.1, -0.05) is 76.9 Å². The molecule has 1 aliphatic heterocycles. The van der Waals surface area contributed by atoms with E-state index in [-0.39, 0.29) is 6.61 Å². The molecule has 3 heterocycles. The van der Waals surface area contributed by atoms with E-state index < -0.39 is 11.9 Å². The van der Waals surface area contributed by atoms with Crippen LogP contribution in [0.3, 0.4) is 0 Å². The third kappa shape index (κ3) is 4.58. The minimum absolute atomic E-state index is 0.279. The second kappa shape index (κ2) is 9.74. The Hall–Kier alpha value is -4.11. The highest BCUT2D eigenvalue weighted by atomic mass is 35.5. The minimum atomic E-state index is -0.677. The SMILES string of the molecule is O=c1[nH]nc2n1NC(OCc1ccc(-c3ccno3)cc1)C(c1ccc(Cl)cc1)=C2c1ccc(Cl)cc1. The number of aromatic nitrogens is 4. The van der Waals surface area contributed by atoms with Gasteiger partial charge in [0.25, 0.3) is 0 Å². The van der Waals surface area contributed by atoms with Crippen LogP contribution in [0, 0.1) is 0 Å². The molecule has 1 atom stereocenters. The van der Waals surface area contributed by atoms with Crippen molar-refractivity contribution in [3.63, 3.8) is 0 Å². The maximum atomic E-state index is 12.6. The van der Waals surface area contributed by atoms with E-state index in [2.05, 4.69) is 20.8 Å². The molecular formula is C27H19Cl2N5O3. The summed E-state index contributed by atoms with van der Waals surface area (Å²) in [5.74, 6) is 1.13. The number of H-pyrrole nitrogens is 1. The molecule has 0 saturated heterocycles. The largest absolute Gasteiger partial charge is 0.362 e. The first-order valence-electron chi connectivity index (χ1n) is 11.4. The number of ether oxygens (including phenoxy) is 1. The molecule has 8 nitrogen and oxygen atoms in total. The smallest absolute Gasteiger partial charge is 0.356 e. The molecule has 5 aromatic rings. The number of nitrogens with one attached hydrogen (secondary N) is 2. The standard InChI is InChI=1S/C27H19Cl2N5O3/c28-20-9-5-18(6-10-20)23-24(19-7-11-21(29)12-8-19)26(33-34-25(23)31-32-27(34)35)36-15-16-1-3-17(4-2-16)22-13-14-30-37-22/h1-14,26,33H,15H2,(H,32,35). The number of aromatic amines is 1. The van der Waals surface area contributed by atoms with Crippen LogP contribution >= 0.6 is 23.2 Å². The van der Waals surface area contributed by atoms with E-state index >= 15 is 0 Å². The third-order valence-electron chi connectivity index (χ3n) is 6.05. The number of benzene rings is 3. The molecule has 184 valence electrons. The average Bonchev–Trinajstić information content (AvgIpc) is 3.59. The quantitative estimate of drug-likeness (QED) is 0.296. The average molecular weight is 532 g/mol. The van der Waals surface area contributed by atoms with Gasteiger partial charge in [-0.25, -0.2) is 9.89 Å². The Bertz CT molecular complexity index is 1620. The summed E-state index contributed by atoms with van der Waals surface area (Å²) < 4.78 is 13.0. The van der Waals surface area contributed by atoms with Gasteiger partial charge in [0.1, 0.15) is 0 Å². The molecule has 0 radical (unpaired) electrons. The lowest BCUT2D eigenvalue weighted by atomic mass is 9.92. The van der Waals surface area contributed by atoms with E-state index in [1.165, 1.54) is 4.68 Å². The lowest BCUT2D eigenvalue weighted by molar-refractivity contribution is 0.0859. The van der Waals surface area contributed by atoms with Crippen molar-refractivity contribution < 1.29 is 9.26 Å². The first-order chi connectivity index (χ1) is 18.1. The molecule has 3 aromatic carbocycles. The van der Waals surface area contributed by atoms with Crippen LogP contribution in [-0.4, -0.2) is 26.3 Å². The Balaban J connectivity index is 1.41. The maximum absolute atomic E-state index is 12.6. The second-order valence-corrected chi connectivity index (χ2v) is 9.26. The maximum Gasteiger partial charge on any atom is 0.362 e. The van der Waals surface area contributed by atoms with Gasteiger partial charge in [-0.2, -0.15) is 9.77 Å². The van der Waals surface area contributed by atoms with E-state index in [1.54, 1.807) is 24.4 Å². The van der Waals surface area contributed by atoms with Crippen molar-refractivity contribution in [1.29, 1.82) is 0 Å². The summed E-state index contributed by atoms with van der Waals surface area (Å²) in [6.45, 7) is 0.279. The number of hydrogen-bond acceptors (Lipinski definition) is 6. The summed E-state index contributed by atoms with van der Waals surface area (Å²) >= 11 is 12.3. The molecule has 2 N–H and O–H groups in total. The fourth-order valence-corrected chi connectivity index (χ4v) is 4.53. The zero-order valence-corrected chi connectivity index (χ0v) is 20.7. The van der Waals surface area contributed by atoms with Crippen LogP contribution in [0.25, 0.3) is 22.5 Å². The van der Waals surface area contributed by atoms with Gasteiger partial charge >= 0.3 is 5.69 Å². The first kappa shape index (κ1) is 23.3. The molecule has 1 aliphatic rings. The van der Waals surface area contributed by atoms with Crippen LogP contribution in [0.2, 0.25) is 10.0 Å². The predicted octanol–water partition coefficient (Wildman–Crippen LogP) is 5.59. The first-order valence-corrected chi connectivity index (χ1v) is 12.1. The Morgan fingerprint density at radius 3 is 2.16 bits per heavy atom. The van der Waals surface area contributed by atoms with Crippen LogP contribution in [0.4, 0.5) is 0 Å². The molecule has 0 bridgehead atoms. The van der Waals surface area contributed by atoms with Crippen molar-refractivity contribution in [3.05, 3.63) is 128 Å². The zero-order chi connectivity index (χ0) is 25.4. The molecule has 0 amide bonds. The zero-order valence-electron chi connectivity index (χ0n) is 19.2. The highest BCUT2D eigenvalue weighted by Crippen LogP contribution is 2.37. The van der Waals surface area contributed by atoms with Crippen molar-refractivity contribution in [2.75, 3.05) is 5.43 Å². The van der Waals surface area contributed by atoms with Crippen molar-refractivity contribution >= 4 is 34.3 Å². The Morgan fingerprint density at radius 2 is 1.51 bits per heavy atom. The monoisotopic (exact) mass is 531 g/mol. The van der Waals surface area contributed by atoms with Crippen LogP contribution in [0.5, 0.6) is 0 Å². The van der Waals surface area contributed by atoms with E-state index in [0.717, 1.165) is 33.4 Å². The molecule has 0 saturated carbocycles. The summed E-state index contributed by atoms with van der Waals surface area (Å²) in [6.07, 6.45) is 0.930. The Morgan fingerprint density at radius 1 is 0.865 bits per heavy atom. The van der Waals surface area contributed by atoms with E-state index in [0.29, 0.717) is 21.6 Å². The molecular weight excluding hydrogens is 513 g/mol. The van der Waals surface area contributed by atoms with Crippen molar-refractivity contribution in [3.8, 4) is 11.3 Å². The lowest BCUT2D eigenvalue weighted by Crippen LogP contribution is -2.41. The van der Waals surface area contributed by atoms with Crippen LogP contribution in [0.1, 0.15) is 22.5 Å². The number of hydrogen-bond donors (Lipinski definition) is 2. The van der Waals surface area contributed by atoms with Crippen molar-refractivity contribution in [2.24, 2.45) is 0 Å². The second-order valence-electron chi connectivity index (χ2n) is 8.38. The summed E-state index contributed by atoms with van der Waals surface area (Å²) in [7, 11) is 0. The molecule has 0 spiro atoms. The number of rotatable bonds is 6. The molecule has 6 rings (SSSR count). The van der Waals surface area contributed by atoms with E-state index in [1.807, 2.05) is 60.7 Å². The lowest BCUT2D eigenvalue weighted by Gasteiger charge is -2.31. The molecule has 2 aromatic heterocycles. The van der Waals surface area contributed by atoms with Gasteiger partial charge in [0.15, 0.2) is 17.8 Å². The molecule has 10 heteroatoms. The number of halogens is 2. The van der Waals surface area contributed by atoms with Crippen LogP contribution < -0.4 is 11.1 Å². The normalized spacial score (nSPS) is 14.9. The van der Waals surface area contributed by atoms with Gasteiger partial charge in [-0.15, -0.1) is 0 Å². The Kier molecular flexibility index (Phi) is 6.13. The summed E-state index contributed by atoms with van der Waals surface area (Å²) in [4.78, 5) is 12.6. The fourth-order valence-electron chi connectivity index (χ4n) is 4.27. The van der Waals surface area contributed by atoms with Crippen molar-refractivity contribution in [1.82, 2.24) is 20.0 Å². The molecule has 37 heavy (non-hydrogen) atoms. The highest BCUT2D eigenvalue weighted by Gasteiger charge is 2.32. The van der Waals surface area contributed by atoms with Gasteiger partial charge in [-0.05, 0) is 41.0 Å². The summed E-state index contributed by atoms with van der Waals surface area (Å²) in [5, 5.41) is 11.8. The van der Waals surface area contributed by atoms with Gasteiger partial charge in [0, 0.05) is 32.8 Å². The van der Waals surface area contributed by atoms with E-state index in [9.17, 15) is 4.79 Å². The third-order valence-corrected chi connectivity index (χ3v) is 6.56. The summed E-state index contributed by atoms with van der Waals surface area (Å²) in [5.41, 5.74) is 7.88. The van der Waals surface area contributed by atoms with Gasteiger partial charge in [-0.3, -0.25) is 5.43 Å². The van der Waals surface area contributed by atoms with Gasteiger partial charge in [0.2, 0.25) is 0 Å². The van der Waals surface area contributed by atoms with Crippen LogP contribution in [-0.2, 0) is 11.3 Å². The Labute approximate surface area is 221 Å². The minimum Gasteiger partial charge on any atom is -0.356 e. The van der Waals surface area contributed by atoms with Crippen molar-refractivity contribution in [2.45, 2.75) is 12.8 Å². The molecule has 0 aliphatic carbocycles. The fraction of sp³-hybridized carbons (Fsp3) is 0.0741. The van der Waals surface area contributed by atoms with Gasteiger partial charge in [0.05, 0.1) is 12.8 Å². The van der Waals surface area contributed by atoms with E-state index in [4.69, 9.17) is 32.5 Å². The molecule has 0 fully saturated rings. The number of nitrogens with zero attached hydrogens (tertiary/aromatic N) is 3. The highest BCUT2D eigenvalue weighted by molar-refractivity contribution is 6.31. The summed E-state index contributed by atoms with van der Waals surface area (Å²) in [6, 6.07) is 24.5. The van der Waals surface area contributed by atoms with Crippen LogP contribution in [0.15, 0.2) is 94.4 Å². The topological polar surface area (TPSA) is 98.0 Å². The van der Waals surface area contributed by atoms with Gasteiger partial charge < -0.3 is 9.26 Å². The predicted molar refractivity (Wildman–Crippen MR) is 142 cm³/mol.